The van der Waals surface area contributed by atoms with Crippen LogP contribution in [0.15, 0.2) is 62.2 Å². The monoisotopic (exact) mass is 446 g/mol. The molecule has 9 nitrogen and oxygen atoms in total. The third kappa shape index (κ3) is 4.43. The van der Waals surface area contributed by atoms with Crippen molar-refractivity contribution in [1.29, 1.82) is 0 Å². The maximum Gasteiger partial charge on any atom is 0.420 e. The van der Waals surface area contributed by atoms with Gasteiger partial charge in [0.25, 0.3) is 0 Å². The van der Waals surface area contributed by atoms with Crippen molar-refractivity contribution in [3.05, 3.63) is 65.0 Å². The summed E-state index contributed by atoms with van der Waals surface area (Å²) in [5, 5.41) is 2.74. The predicted octanol–water partition coefficient (Wildman–Crippen LogP) is 3.40. The quantitative estimate of drug-likeness (QED) is 0.471. The van der Waals surface area contributed by atoms with E-state index in [1.54, 1.807) is 29.2 Å². The van der Waals surface area contributed by atoms with Gasteiger partial charge in [0, 0.05) is 30.9 Å². The van der Waals surface area contributed by atoms with Gasteiger partial charge >= 0.3 is 5.76 Å². The van der Waals surface area contributed by atoms with Gasteiger partial charge in [0.05, 0.1) is 5.52 Å². The average molecular weight is 446 g/mol. The summed E-state index contributed by atoms with van der Waals surface area (Å²) >= 11 is 0. The van der Waals surface area contributed by atoms with Crippen LogP contribution < -0.4 is 11.1 Å². The molecule has 9 heteroatoms. The number of hydrogen-bond acceptors (Lipinski definition) is 6. The lowest BCUT2D eigenvalue weighted by Gasteiger charge is -2.26. The number of fused-ring (bicyclic) bond motifs is 2. The molecule has 5 rings (SSSR count). The van der Waals surface area contributed by atoms with E-state index in [0.29, 0.717) is 46.9 Å². The third-order valence-electron chi connectivity index (χ3n) is 5.62. The number of benzene rings is 2. The van der Waals surface area contributed by atoms with Gasteiger partial charge in [-0.1, -0.05) is 12.1 Å². The van der Waals surface area contributed by atoms with Crippen molar-refractivity contribution in [1.82, 2.24) is 14.5 Å². The average Bonchev–Trinajstić information content (AvgIpc) is 3.38. The minimum Gasteiger partial charge on any atom is -0.437 e. The third-order valence-corrected chi connectivity index (χ3v) is 5.62. The van der Waals surface area contributed by atoms with Crippen LogP contribution in [0.2, 0.25) is 0 Å². The minimum absolute atomic E-state index is 0.0964. The fraction of sp³-hybridized carbons (Fsp3) is 0.250. The number of carbonyl (C=O) groups excluding carboxylic acids is 2. The van der Waals surface area contributed by atoms with E-state index in [-0.39, 0.29) is 12.5 Å². The van der Waals surface area contributed by atoms with Crippen molar-refractivity contribution in [2.75, 3.05) is 18.4 Å². The highest BCUT2D eigenvalue weighted by Gasteiger charge is 2.20. The fourth-order valence-corrected chi connectivity index (χ4v) is 3.96. The van der Waals surface area contributed by atoms with Gasteiger partial charge in [0.1, 0.15) is 12.1 Å². The number of oxazole rings is 2. The first-order valence-electron chi connectivity index (χ1n) is 10.8. The van der Waals surface area contributed by atoms with E-state index in [2.05, 4.69) is 10.3 Å². The largest absolute Gasteiger partial charge is 0.437 e. The molecule has 2 amide bonds. The fourth-order valence-electron chi connectivity index (χ4n) is 3.96. The van der Waals surface area contributed by atoms with Crippen molar-refractivity contribution in [3.8, 4) is 0 Å². The zero-order chi connectivity index (χ0) is 22.8. The molecule has 0 saturated carbocycles. The van der Waals surface area contributed by atoms with E-state index in [1.807, 2.05) is 18.2 Å². The number of rotatable bonds is 5. The summed E-state index contributed by atoms with van der Waals surface area (Å²) in [5.41, 5.74) is 2.62. The van der Waals surface area contributed by atoms with Crippen molar-refractivity contribution >= 4 is 45.8 Å². The number of nitrogens with zero attached hydrogens (tertiary/aromatic N) is 3. The maximum absolute atomic E-state index is 12.6. The summed E-state index contributed by atoms with van der Waals surface area (Å²) in [7, 11) is 0. The number of amides is 2. The van der Waals surface area contributed by atoms with Gasteiger partial charge in [0.15, 0.2) is 11.2 Å². The molecule has 4 aromatic rings. The second-order valence-corrected chi connectivity index (χ2v) is 7.92. The first-order valence-corrected chi connectivity index (χ1v) is 10.8. The molecule has 1 aliphatic heterocycles. The van der Waals surface area contributed by atoms with Crippen molar-refractivity contribution < 1.29 is 18.4 Å². The lowest BCUT2D eigenvalue weighted by molar-refractivity contribution is -0.132. The van der Waals surface area contributed by atoms with Crippen molar-refractivity contribution in [3.63, 3.8) is 0 Å². The van der Waals surface area contributed by atoms with E-state index in [9.17, 15) is 14.4 Å². The number of piperidine rings is 1. The normalized spacial score (nSPS) is 14.4. The SMILES string of the molecule is O=C(C=Cc1nc2ccccc2o1)Nc1ccc2oc(=O)n(CC(=O)N3CCCCC3)c2c1. The van der Waals surface area contributed by atoms with E-state index in [1.165, 1.54) is 16.7 Å². The Morgan fingerprint density at radius 1 is 1.03 bits per heavy atom. The molecule has 0 aliphatic carbocycles. The number of hydrogen-bond donors (Lipinski definition) is 1. The van der Waals surface area contributed by atoms with Gasteiger partial charge < -0.3 is 19.1 Å². The Bertz CT molecular complexity index is 1390. The number of likely N-dealkylation sites (tertiary alicyclic amines) is 1. The van der Waals surface area contributed by atoms with Gasteiger partial charge in [-0.3, -0.25) is 14.2 Å². The molecule has 0 spiro atoms. The van der Waals surface area contributed by atoms with Gasteiger partial charge in [-0.2, -0.15) is 0 Å². The number of carbonyl (C=O) groups is 2. The molecule has 168 valence electrons. The molecular formula is C24H22N4O5. The highest BCUT2D eigenvalue weighted by Crippen LogP contribution is 2.20. The summed E-state index contributed by atoms with van der Waals surface area (Å²) < 4.78 is 12.1. The van der Waals surface area contributed by atoms with Crippen LogP contribution in [0.1, 0.15) is 25.2 Å². The van der Waals surface area contributed by atoms with Gasteiger partial charge in [-0.15, -0.1) is 0 Å². The molecule has 2 aromatic carbocycles. The molecule has 2 aromatic heterocycles. The van der Waals surface area contributed by atoms with Crippen LogP contribution in [0, 0.1) is 0 Å². The summed E-state index contributed by atoms with van der Waals surface area (Å²) in [4.78, 5) is 43.4. The van der Waals surface area contributed by atoms with Gasteiger partial charge in [-0.25, -0.2) is 9.78 Å². The zero-order valence-corrected chi connectivity index (χ0v) is 17.8. The minimum atomic E-state index is -0.602. The Balaban J connectivity index is 1.32. The van der Waals surface area contributed by atoms with E-state index >= 15 is 0 Å². The van der Waals surface area contributed by atoms with Crippen LogP contribution >= 0.6 is 0 Å². The Labute approximate surface area is 188 Å². The molecule has 0 atom stereocenters. The maximum atomic E-state index is 12.6. The lowest BCUT2D eigenvalue weighted by atomic mass is 10.1. The summed E-state index contributed by atoms with van der Waals surface area (Å²) in [6.07, 6.45) is 5.86. The van der Waals surface area contributed by atoms with Gasteiger partial charge in [-0.05, 0) is 49.6 Å². The van der Waals surface area contributed by atoms with Crippen LogP contribution in [-0.2, 0) is 16.1 Å². The Hall–Kier alpha value is -4.14. The molecule has 1 aliphatic rings. The van der Waals surface area contributed by atoms with Crippen LogP contribution in [0.25, 0.3) is 28.3 Å². The van der Waals surface area contributed by atoms with Crippen LogP contribution in [0.3, 0.4) is 0 Å². The predicted molar refractivity (Wildman–Crippen MR) is 123 cm³/mol. The highest BCUT2D eigenvalue weighted by molar-refractivity contribution is 6.02. The first kappa shape index (κ1) is 20.7. The standard InChI is InChI=1S/C24H22N4O5/c29-21(10-11-22-26-17-6-2-3-7-19(17)32-22)25-16-8-9-20-18(14-16)28(24(31)33-20)15-23(30)27-12-4-1-5-13-27/h2-3,6-11,14H,1,4-5,12-13,15H2,(H,25,29). The Morgan fingerprint density at radius 3 is 2.67 bits per heavy atom. The number of aromatic nitrogens is 2. The molecule has 1 saturated heterocycles. The van der Waals surface area contributed by atoms with E-state index in [0.717, 1.165) is 19.3 Å². The molecular weight excluding hydrogens is 424 g/mol. The van der Waals surface area contributed by atoms with Crippen LogP contribution in [-0.4, -0.2) is 39.4 Å². The van der Waals surface area contributed by atoms with Crippen LogP contribution in [0.4, 0.5) is 5.69 Å². The number of para-hydroxylation sites is 2. The Kier molecular flexibility index (Phi) is 5.52. The first-order chi connectivity index (χ1) is 16.1. The molecule has 33 heavy (non-hydrogen) atoms. The Morgan fingerprint density at radius 2 is 1.85 bits per heavy atom. The van der Waals surface area contributed by atoms with E-state index < -0.39 is 11.7 Å². The zero-order valence-electron chi connectivity index (χ0n) is 17.8. The highest BCUT2D eigenvalue weighted by atomic mass is 16.4. The molecule has 1 fully saturated rings. The number of nitrogens with one attached hydrogen (secondary N) is 1. The molecule has 3 heterocycles. The van der Waals surface area contributed by atoms with Crippen molar-refractivity contribution in [2.24, 2.45) is 0 Å². The van der Waals surface area contributed by atoms with Crippen LogP contribution in [0.5, 0.6) is 0 Å². The molecule has 1 N–H and O–H groups in total. The summed E-state index contributed by atoms with van der Waals surface area (Å²) in [5.74, 6) is -0.787. The molecule has 0 unspecified atom stereocenters. The van der Waals surface area contributed by atoms with Gasteiger partial charge in [0.2, 0.25) is 17.7 Å². The smallest absolute Gasteiger partial charge is 0.420 e. The number of anilines is 1. The summed E-state index contributed by atoms with van der Waals surface area (Å²) in [6, 6.07) is 12.2. The second-order valence-electron chi connectivity index (χ2n) is 7.92. The second kappa shape index (κ2) is 8.78. The van der Waals surface area contributed by atoms with E-state index in [4.69, 9.17) is 8.83 Å². The molecule has 0 bridgehead atoms. The topological polar surface area (TPSA) is 111 Å². The molecule has 0 radical (unpaired) electrons. The summed E-state index contributed by atoms with van der Waals surface area (Å²) in [6.45, 7) is 1.31. The lowest BCUT2D eigenvalue weighted by Crippen LogP contribution is -2.39. The van der Waals surface area contributed by atoms with Crippen molar-refractivity contribution in [2.45, 2.75) is 25.8 Å².